The predicted octanol–water partition coefficient (Wildman–Crippen LogP) is 3.90. The van der Waals surface area contributed by atoms with Crippen LogP contribution in [0.1, 0.15) is 33.6 Å². The topological polar surface area (TPSA) is 78.5 Å². The zero-order valence-corrected chi connectivity index (χ0v) is 17.5. The molecule has 1 aliphatic rings. The Morgan fingerprint density at radius 2 is 2.00 bits per heavy atom. The highest BCUT2D eigenvalue weighted by Gasteiger charge is 2.47. The number of imide groups is 1. The van der Waals surface area contributed by atoms with Gasteiger partial charge in [-0.1, -0.05) is 29.8 Å². The quantitative estimate of drug-likeness (QED) is 0.613. The molecule has 136 valence electrons. The van der Waals surface area contributed by atoms with Gasteiger partial charge in [0, 0.05) is 8.95 Å². The molecule has 25 heavy (non-hydrogen) atoms. The molecule has 0 bridgehead atoms. The lowest BCUT2D eigenvalue weighted by atomic mass is 9.92. The molecule has 0 radical (unpaired) electrons. The van der Waals surface area contributed by atoms with Crippen molar-refractivity contribution in [1.82, 2.24) is 10.2 Å². The molecule has 1 heterocycles. The molecule has 6 nitrogen and oxygen atoms in total. The number of hydrogen-bond acceptors (Lipinski definition) is 3. The van der Waals surface area contributed by atoms with E-state index in [1.165, 1.54) is 0 Å². The fourth-order valence-electron chi connectivity index (χ4n) is 2.56. The van der Waals surface area contributed by atoms with E-state index in [9.17, 15) is 14.4 Å². The third-order valence-electron chi connectivity index (χ3n) is 4.07. The monoisotopic (exact) mass is 473 g/mol. The van der Waals surface area contributed by atoms with Crippen molar-refractivity contribution in [3.63, 3.8) is 0 Å². The second-order valence-electron chi connectivity index (χ2n) is 6.76. The summed E-state index contributed by atoms with van der Waals surface area (Å²) in [5.41, 5.74) is -0.373. The average molecular weight is 475 g/mol. The molecule has 0 unspecified atom stereocenters. The molecule has 1 aliphatic heterocycles. The minimum atomic E-state index is -0.945. The van der Waals surface area contributed by atoms with E-state index >= 15 is 0 Å². The molecular formula is C17H21Br2N3O3. The van der Waals surface area contributed by atoms with Crippen molar-refractivity contribution in [2.75, 3.05) is 11.9 Å². The van der Waals surface area contributed by atoms with Crippen molar-refractivity contribution in [3.05, 3.63) is 27.1 Å². The Labute approximate surface area is 164 Å². The molecule has 2 N–H and O–H groups in total. The molecule has 0 aliphatic carbocycles. The van der Waals surface area contributed by atoms with Crippen molar-refractivity contribution in [2.45, 2.75) is 39.2 Å². The Balaban J connectivity index is 2.03. The van der Waals surface area contributed by atoms with Gasteiger partial charge in [-0.25, -0.2) is 4.79 Å². The zero-order valence-electron chi connectivity index (χ0n) is 14.4. The number of benzene rings is 1. The van der Waals surface area contributed by atoms with Crippen LogP contribution in [0.3, 0.4) is 0 Å². The van der Waals surface area contributed by atoms with Crippen LogP contribution >= 0.6 is 31.9 Å². The van der Waals surface area contributed by atoms with Crippen LogP contribution in [0.15, 0.2) is 27.1 Å². The minimum Gasteiger partial charge on any atom is -0.323 e. The molecule has 1 atom stereocenters. The van der Waals surface area contributed by atoms with E-state index in [0.717, 1.165) is 15.8 Å². The summed E-state index contributed by atoms with van der Waals surface area (Å²) in [5.74, 6) is -0.364. The highest BCUT2D eigenvalue weighted by Crippen LogP contribution is 2.27. The number of urea groups is 1. The lowest BCUT2D eigenvalue weighted by Crippen LogP contribution is -2.44. The van der Waals surface area contributed by atoms with E-state index in [0.29, 0.717) is 22.5 Å². The molecule has 1 aromatic carbocycles. The zero-order chi connectivity index (χ0) is 18.8. The SMILES string of the molecule is CC(C)CC[C@@]1(C)NC(=O)N(CC(=O)Nc2ccc(Br)cc2Br)C1=O. The summed E-state index contributed by atoms with van der Waals surface area (Å²) >= 11 is 6.70. The Morgan fingerprint density at radius 3 is 2.60 bits per heavy atom. The van der Waals surface area contributed by atoms with Crippen LogP contribution in [-0.2, 0) is 9.59 Å². The van der Waals surface area contributed by atoms with Gasteiger partial charge in [0.2, 0.25) is 5.91 Å². The van der Waals surface area contributed by atoms with Gasteiger partial charge < -0.3 is 10.6 Å². The lowest BCUT2D eigenvalue weighted by Gasteiger charge is -2.22. The molecule has 0 saturated carbocycles. The van der Waals surface area contributed by atoms with Crippen molar-refractivity contribution in [2.24, 2.45) is 5.92 Å². The van der Waals surface area contributed by atoms with Gasteiger partial charge in [-0.3, -0.25) is 14.5 Å². The number of nitrogens with one attached hydrogen (secondary N) is 2. The van der Waals surface area contributed by atoms with Crippen LogP contribution in [-0.4, -0.2) is 34.8 Å². The summed E-state index contributed by atoms with van der Waals surface area (Å²) in [6.45, 7) is 5.51. The van der Waals surface area contributed by atoms with Crippen LogP contribution < -0.4 is 10.6 Å². The number of nitrogens with zero attached hydrogens (tertiary/aromatic N) is 1. The maximum atomic E-state index is 12.6. The van der Waals surface area contributed by atoms with E-state index in [1.807, 2.05) is 0 Å². The van der Waals surface area contributed by atoms with Gasteiger partial charge in [0.1, 0.15) is 12.1 Å². The summed E-state index contributed by atoms with van der Waals surface area (Å²) in [4.78, 5) is 38.0. The summed E-state index contributed by atoms with van der Waals surface area (Å²) in [7, 11) is 0. The second-order valence-corrected chi connectivity index (χ2v) is 8.53. The van der Waals surface area contributed by atoms with Crippen molar-refractivity contribution >= 4 is 55.4 Å². The Kier molecular flexibility index (Phi) is 6.26. The van der Waals surface area contributed by atoms with Crippen molar-refractivity contribution in [3.8, 4) is 0 Å². The third kappa shape index (κ3) is 4.82. The number of carbonyl (C=O) groups is 3. The average Bonchev–Trinajstić information content (AvgIpc) is 2.72. The van der Waals surface area contributed by atoms with Crippen LogP contribution in [0.5, 0.6) is 0 Å². The summed E-state index contributed by atoms with van der Waals surface area (Å²) in [6.07, 6.45) is 1.36. The van der Waals surface area contributed by atoms with E-state index in [4.69, 9.17) is 0 Å². The van der Waals surface area contributed by atoms with Crippen LogP contribution in [0.4, 0.5) is 10.5 Å². The van der Waals surface area contributed by atoms with E-state index in [2.05, 4.69) is 56.3 Å². The summed E-state index contributed by atoms with van der Waals surface area (Å²) in [5, 5.41) is 5.42. The largest absolute Gasteiger partial charge is 0.325 e. The molecule has 1 fully saturated rings. The standard InChI is InChI=1S/C17H21Br2N3O3/c1-10(2)6-7-17(3)15(24)22(16(25)21-17)9-14(23)20-13-5-4-11(18)8-12(13)19/h4-5,8,10H,6-7,9H2,1-3H3,(H,20,23)(H,21,25)/t17-/m1/s1. The molecule has 1 saturated heterocycles. The van der Waals surface area contributed by atoms with Crippen molar-refractivity contribution in [1.29, 1.82) is 0 Å². The van der Waals surface area contributed by atoms with E-state index in [-0.39, 0.29) is 12.5 Å². The van der Waals surface area contributed by atoms with Gasteiger partial charge in [-0.2, -0.15) is 0 Å². The number of rotatable bonds is 6. The van der Waals surface area contributed by atoms with Gasteiger partial charge in [0.15, 0.2) is 0 Å². The van der Waals surface area contributed by atoms with E-state index < -0.39 is 17.5 Å². The number of halogens is 2. The number of amides is 4. The Bertz CT molecular complexity index is 708. The highest BCUT2D eigenvalue weighted by molar-refractivity contribution is 9.11. The summed E-state index contributed by atoms with van der Waals surface area (Å²) < 4.78 is 1.57. The third-order valence-corrected chi connectivity index (χ3v) is 5.22. The van der Waals surface area contributed by atoms with Crippen LogP contribution in [0, 0.1) is 5.92 Å². The highest BCUT2D eigenvalue weighted by atomic mass is 79.9. The molecule has 1 aromatic rings. The van der Waals surface area contributed by atoms with Gasteiger partial charge in [-0.15, -0.1) is 0 Å². The first-order valence-corrected chi connectivity index (χ1v) is 9.60. The smallest absolute Gasteiger partial charge is 0.323 e. The number of carbonyl (C=O) groups excluding carboxylic acids is 3. The van der Waals surface area contributed by atoms with Gasteiger partial charge in [0.25, 0.3) is 5.91 Å². The molecule has 0 spiro atoms. The maximum absolute atomic E-state index is 12.6. The lowest BCUT2D eigenvalue weighted by molar-refractivity contribution is -0.133. The molecule has 8 heteroatoms. The molecule has 4 amide bonds. The fourth-order valence-corrected chi connectivity index (χ4v) is 3.71. The molecular weight excluding hydrogens is 454 g/mol. The molecule has 0 aromatic heterocycles. The fraction of sp³-hybridized carbons (Fsp3) is 0.471. The van der Waals surface area contributed by atoms with E-state index in [1.54, 1.807) is 25.1 Å². The van der Waals surface area contributed by atoms with Crippen LogP contribution in [0.25, 0.3) is 0 Å². The Morgan fingerprint density at radius 1 is 1.32 bits per heavy atom. The second kappa shape index (κ2) is 7.86. The predicted molar refractivity (Wildman–Crippen MR) is 103 cm³/mol. The normalized spacial score (nSPS) is 20.2. The maximum Gasteiger partial charge on any atom is 0.325 e. The van der Waals surface area contributed by atoms with Gasteiger partial charge >= 0.3 is 6.03 Å². The minimum absolute atomic E-state index is 0.315. The first-order chi connectivity index (χ1) is 11.6. The van der Waals surface area contributed by atoms with Gasteiger partial charge in [0.05, 0.1) is 5.69 Å². The van der Waals surface area contributed by atoms with Crippen molar-refractivity contribution < 1.29 is 14.4 Å². The Hall–Kier alpha value is -1.41. The first-order valence-electron chi connectivity index (χ1n) is 8.01. The number of anilines is 1. The van der Waals surface area contributed by atoms with Crippen LogP contribution in [0.2, 0.25) is 0 Å². The number of hydrogen-bond donors (Lipinski definition) is 2. The molecule has 2 rings (SSSR count). The summed E-state index contributed by atoms with van der Waals surface area (Å²) in [6, 6.07) is 4.79. The first kappa shape index (κ1) is 19.9. The van der Waals surface area contributed by atoms with Gasteiger partial charge in [-0.05, 0) is 59.8 Å².